The van der Waals surface area contributed by atoms with Crippen LogP contribution in [0.5, 0.6) is 0 Å². The molecule has 0 fully saturated rings. The van der Waals surface area contributed by atoms with Crippen LogP contribution in [0.2, 0.25) is 0 Å². The van der Waals surface area contributed by atoms with E-state index < -0.39 is 0 Å². The van der Waals surface area contributed by atoms with Gasteiger partial charge in [-0.25, -0.2) is 9.97 Å². The predicted octanol–water partition coefficient (Wildman–Crippen LogP) is 15.3. The van der Waals surface area contributed by atoms with Gasteiger partial charge in [0.2, 0.25) is 0 Å². The van der Waals surface area contributed by atoms with E-state index in [0.717, 1.165) is 50.3 Å². The van der Waals surface area contributed by atoms with Gasteiger partial charge in [-0.15, -0.1) is 0 Å². The third-order valence-corrected chi connectivity index (χ3v) is 12.7. The van der Waals surface area contributed by atoms with Crippen molar-refractivity contribution < 1.29 is 0 Å². The summed E-state index contributed by atoms with van der Waals surface area (Å²) in [5, 5.41) is 8.30. The maximum Gasteiger partial charge on any atom is 0.160 e. The van der Waals surface area contributed by atoms with E-state index >= 15 is 0 Å². The fraction of sp³-hybridized carbons (Fsp3) is 0.0690. The van der Waals surface area contributed by atoms with Crippen LogP contribution in [-0.2, 0) is 5.41 Å². The Morgan fingerprint density at radius 1 is 0.387 bits per heavy atom. The van der Waals surface area contributed by atoms with Gasteiger partial charge < -0.3 is 9.13 Å². The van der Waals surface area contributed by atoms with E-state index in [-0.39, 0.29) is 5.41 Å². The first kappa shape index (κ1) is 36.1. The van der Waals surface area contributed by atoms with Gasteiger partial charge in [-0.2, -0.15) is 0 Å². The Morgan fingerprint density at radius 2 is 0.935 bits per heavy atom. The molecule has 0 aliphatic heterocycles. The molecule has 4 nitrogen and oxygen atoms in total. The maximum absolute atomic E-state index is 5.36. The molecule has 0 radical (unpaired) electrons. The first-order chi connectivity index (χ1) is 30.4. The van der Waals surface area contributed by atoms with Crippen molar-refractivity contribution in [3.8, 4) is 45.1 Å². The Morgan fingerprint density at radius 3 is 1.58 bits per heavy atom. The summed E-state index contributed by atoms with van der Waals surface area (Å²) < 4.78 is 4.81. The summed E-state index contributed by atoms with van der Waals surface area (Å²) in [6, 6.07) is 72.4. The van der Waals surface area contributed by atoms with Gasteiger partial charge in [0.15, 0.2) is 5.82 Å². The van der Waals surface area contributed by atoms with E-state index in [9.17, 15) is 0 Å². The third kappa shape index (κ3) is 5.60. The number of para-hydroxylation sites is 3. The SMILES string of the molecule is CC(C)(C)c1cccc(-c2nc(-c3ccc(-n4c5ccccc5c5c(-c6cccc7c6c6ccccc6n7-c6ccccc6)cccc54)cc3)c3ccc4ccccc4c3n2)c1. The summed E-state index contributed by atoms with van der Waals surface area (Å²) in [4.78, 5) is 10.6. The minimum absolute atomic E-state index is 0.00190. The highest BCUT2D eigenvalue weighted by molar-refractivity contribution is 6.22. The lowest BCUT2D eigenvalue weighted by atomic mass is 9.86. The minimum atomic E-state index is 0.00190. The van der Waals surface area contributed by atoms with Gasteiger partial charge in [0.25, 0.3) is 0 Å². The zero-order valence-corrected chi connectivity index (χ0v) is 34.8. The second kappa shape index (κ2) is 13.9. The molecule has 0 spiro atoms. The van der Waals surface area contributed by atoms with Crippen LogP contribution in [-0.4, -0.2) is 19.1 Å². The Labute approximate surface area is 360 Å². The molecule has 0 bridgehead atoms. The monoisotopic (exact) mass is 794 g/mol. The summed E-state index contributed by atoms with van der Waals surface area (Å²) in [6.45, 7) is 6.74. The highest BCUT2D eigenvalue weighted by Crippen LogP contribution is 2.44. The van der Waals surface area contributed by atoms with Crippen molar-refractivity contribution in [2.45, 2.75) is 26.2 Å². The number of nitrogens with zero attached hydrogens (tertiary/aromatic N) is 4. The molecule has 0 saturated carbocycles. The van der Waals surface area contributed by atoms with Gasteiger partial charge in [0, 0.05) is 54.8 Å². The standard InChI is InChI=1S/C58H42N4/c1-58(2,3)40-18-13-17-39(36-40)57-59-55(48-35-32-37-16-7-8-21-43(37)56(48)60-57)38-30-33-42(34-31-38)62-50-27-12-10-23-47(50)54-45(25-15-29-52(54)62)44-24-14-28-51-53(44)46-22-9-11-26-49(46)61(51)41-19-5-4-6-20-41/h4-36H,1-3H3. The zero-order chi connectivity index (χ0) is 41.5. The smallest absolute Gasteiger partial charge is 0.160 e. The minimum Gasteiger partial charge on any atom is -0.309 e. The van der Waals surface area contributed by atoms with Gasteiger partial charge in [-0.05, 0) is 88.2 Å². The summed E-state index contributed by atoms with van der Waals surface area (Å²) in [6.07, 6.45) is 0. The van der Waals surface area contributed by atoms with Crippen molar-refractivity contribution in [2.24, 2.45) is 0 Å². The van der Waals surface area contributed by atoms with Gasteiger partial charge in [0.05, 0.1) is 33.3 Å². The van der Waals surface area contributed by atoms with Crippen molar-refractivity contribution in [3.05, 3.63) is 206 Å². The summed E-state index contributed by atoms with van der Waals surface area (Å²) in [7, 11) is 0. The van der Waals surface area contributed by atoms with Crippen molar-refractivity contribution in [2.75, 3.05) is 0 Å². The number of benzene rings is 9. The molecule has 0 saturated heterocycles. The molecule has 12 rings (SSSR count). The molecular weight excluding hydrogens is 753 g/mol. The lowest BCUT2D eigenvalue weighted by Gasteiger charge is -2.20. The van der Waals surface area contributed by atoms with Gasteiger partial charge >= 0.3 is 0 Å². The van der Waals surface area contributed by atoms with Crippen LogP contribution in [0.15, 0.2) is 200 Å². The lowest BCUT2D eigenvalue weighted by Crippen LogP contribution is -2.11. The number of hydrogen-bond donors (Lipinski definition) is 0. The Kier molecular flexibility index (Phi) is 8.07. The molecule has 9 aromatic carbocycles. The second-order valence-electron chi connectivity index (χ2n) is 17.4. The van der Waals surface area contributed by atoms with Crippen LogP contribution in [0.25, 0.3) is 110 Å². The molecule has 3 heterocycles. The Hall–Kier alpha value is -7.82. The molecule has 0 unspecified atom stereocenters. The molecule has 62 heavy (non-hydrogen) atoms. The van der Waals surface area contributed by atoms with Gasteiger partial charge in [-0.1, -0.05) is 160 Å². The quantitative estimate of drug-likeness (QED) is 0.163. The average Bonchev–Trinajstić information content (AvgIpc) is 3.85. The van der Waals surface area contributed by atoms with E-state index in [1.54, 1.807) is 0 Å². The molecule has 0 amide bonds. The van der Waals surface area contributed by atoms with Crippen LogP contribution < -0.4 is 0 Å². The fourth-order valence-electron chi connectivity index (χ4n) is 9.73. The molecule has 0 atom stereocenters. The van der Waals surface area contributed by atoms with Crippen molar-refractivity contribution in [3.63, 3.8) is 0 Å². The summed E-state index contributed by atoms with van der Waals surface area (Å²) in [5.41, 5.74) is 14.6. The van der Waals surface area contributed by atoms with Gasteiger partial charge in [0.1, 0.15) is 0 Å². The fourth-order valence-corrected chi connectivity index (χ4v) is 9.73. The average molecular weight is 795 g/mol. The van der Waals surface area contributed by atoms with Crippen molar-refractivity contribution in [1.29, 1.82) is 0 Å². The van der Waals surface area contributed by atoms with E-state index in [0.29, 0.717) is 0 Å². The van der Waals surface area contributed by atoms with Gasteiger partial charge in [-0.3, -0.25) is 0 Å². The first-order valence-corrected chi connectivity index (χ1v) is 21.4. The van der Waals surface area contributed by atoms with E-state index in [1.165, 1.54) is 65.7 Å². The van der Waals surface area contributed by atoms with Crippen molar-refractivity contribution in [1.82, 2.24) is 19.1 Å². The first-order valence-electron chi connectivity index (χ1n) is 21.4. The normalized spacial score (nSPS) is 12.1. The molecule has 0 aliphatic rings. The number of aromatic nitrogens is 4. The Balaban J connectivity index is 1.04. The molecule has 294 valence electrons. The Bertz CT molecular complexity index is 3720. The molecular formula is C58H42N4. The van der Waals surface area contributed by atoms with Crippen LogP contribution in [0.1, 0.15) is 26.3 Å². The number of rotatable bonds is 5. The highest BCUT2D eigenvalue weighted by atomic mass is 15.0. The third-order valence-electron chi connectivity index (χ3n) is 12.7. The maximum atomic E-state index is 5.36. The molecule has 4 heteroatoms. The summed E-state index contributed by atoms with van der Waals surface area (Å²) in [5.74, 6) is 0.732. The number of hydrogen-bond acceptors (Lipinski definition) is 2. The highest BCUT2D eigenvalue weighted by Gasteiger charge is 2.22. The largest absolute Gasteiger partial charge is 0.309 e. The van der Waals surface area contributed by atoms with E-state index in [4.69, 9.17) is 9.97 Å². The second-order valence-corrected chi connectivity index (χ2v) is 17.4. The van der Waals surface area contributed by atoms with Crippen LogP contribution in [0.4, 0.5) is 0 Å². The lowest BCUT2D eigenvalue weighted by molar-refractivity contribution is 0.590. The van der Waals surface area contributed by atoms with Crippen LogP contribution in [0, 0.1) is 0 Å². The summed E-state index contributed by atoms with van der Waals surface area (Å²) >= 11 is 0. The van der Waals surface area contributed by atoms with E-state index in [1.807, 2.05) is 0 Å². The van der Waals surface area contributed by atoms with Crippen LogP contribution in [0.3, 0.4) is 0 Å². The molecule has 12 aromatic rings. The molecule has 0 aliphatic carbocycles. The zero-order valence-electron chi connectivity index (χ0n) is 34.8. The van der Waals surface area contributed by atoms with E-state index in [2.05, 4.69) is 230 Å². The number of fused-ring (bicyclic) bond motifs is 9. The molecule has 3 aromatic heterocycles. The molecule has 0 N–H and O–H groups in total. The van der Waals surface area contributed by atoms with Crippen LogP contribution >= 0.6 is 0 Å². The topological polar surface area (TPSA) is 35.6 Å². The van der Waals surface area contributed by atoms with Crippen molar-refractivity contribution >= 4 is 65.3 Å². The predicted molar refractivity (Wildman–Crippen MR) is 261 cm³/mol.